The fourth-order valence-electron chi connectivity index (χ4n) is 4.81. The van der Waals surface area contributed by atoms with Gasteiger partial charge in [-0.05, 0) is 70.6 Å². The van der Waals surface area contributed by atoms with Crippen LogP contribution in [0.15, 0.2) is 24.3 Å². The number of rotatable bonds is 5. The van der Waals surface area contributed by atoms with Gasteiger partial charge in [-0.15, -0.1) is 0 Å². The first-order valence-corrected chi connectivity index (χ1v) is 11.6. The second-order valence-electron chi connectivity index (χ2n) is 9.25. The number of amides is 1. The first-order chi connectivity index (χ1) is 14.9. The summed E-state index contributed by atoms with van der Waals surface area (Å²) in [6.07, 6.45) is 5.39. The molecule has 2 heterocycles. The number of nitrogens with one attached hydrogen (secondary N) is 2. The van der Waals surface area contributed by atoms with Gasteiger partial charge >= 0.3 is 0 Å². The van der Waals surface area contributed by atoms with E-state index in [-0.39, 0.29) is 12.0 Å². The third-order valence-electron chi connectivity index (χ3n) is 6.52. The van der Waals surface area contributed by atoms with Crippen molar-refractivity contribution in [2.45, 2.75) is 76.7 Å². The summed E-state index contributed by atoms with van der Waals surface area (Å²) in [6.45, 7) is 5.52. The van der Waals surface area contributed by atoms with Crippen LogP contribution >= 0.6 is 0 Å². The third-order valence-corrected chi connectivity index (χ3v) is 6.52. The van der Waals surface area contributed by atoms with Gasteiger partial charge < -0.3 is 26.4 Å². The van der Waals surface area contributed by atoms with Crippen LogP contribution in [0.5, 0.6) is 0 Å². The number of hydrogen-bond donors (Lipinski definition) is 4. The molecule has 5 N–H and O–H groups in total. The number of pyridine rings is 1. The summed E-state index contributed by atoms with van der Waals surface area (Å²) in [5, 5.41) is 17.3. The molecule has 1 atom stereocenters. The van der Waals surface area contributed by atoms with Gasteiger partial charge in [0.1, 0.15) is 5.82 Å². The van der Waals surface area contributed by atoms with Crippen LogP contribution in [-0.2, 0) is 0 Å². The molecule has 1 saturated heterocycles. The summed E-state index contributed by atoms with van der Waals surface area (Å²) in [7, 11) is 0. The van der Waals surface area contributed by atoms with Gasteiger partial charge in [-0.3, -0.25) is 4.79 Å². The van der Waals surface area contributed by atoms with Crippen molar-refractivity contribution in [1.82, 2.24) is 15.6 Å². The van der Waals surface area contributed by atoms with Crippen LogP contribution in [-0.4, -0.2) is 53.4 Å². The Morgan fingerprint density at radius 2 is 1.81 bits per heavy atom. The van der Waals surface area contributed by atoms with Crippen LogP contribution in [0.4, 0.5) is 5.82 Å². The Labute approximate surface area is 184 Å². The lowest BCUT2D eigenvalue weighted by atomic mass is 9.91. The number of hydrogen-bond acceptors (Lipinski definition) is 6. The van der Waals surface area contributed by atoms with E-state index in [0.717, 1.165) is 73.9 Å². The van der Waals surface area contributed by atoms with Crippen molar-refractivity contribution in [1.29, 1.82) is 0 Å². The molecule has 2 fully saturated rings. The number of anilines is 1. The van der Waals surface area contributed by atoms with Crippen LogP contribution in [0.25, 0.3) is 10.9 Å². The lowest BCUT2D eigenvalue weighted by molar-refractivity contribution is 0.0941. The zero-order chi connectivity index (χ0) is 22.0. The molecule has 1 amide bonds. The van der Waals surface area contributed by atoms with E-state index in [1.807, 2.05) is 19.1 Å². The van der Waals surface area contributed by atoms with E-state index >= 15 is 0 Å². The van der Waals surface area contributed by atoms with Crippen LogP contribution in [0.2, 0.25) is 0 Å². The van der Waals surface area contributed by atoms with E-state index in [1.165, 1.54) is 0 Å². The average Bonchev–Trinajstić information content (AvgIpc) is 2.74. The van der Waals surface area contributed by atoms with Gasteiger partial charge in [0, 0.05) is 30.6 Å². The van der Waals surface area contributed by atoms with E-state index in [2.05, 4.69) is 27.7 Å². The number of nitrogens with two attached hydrogens (primary N) is 1. The second kappa shape index (κ2) is 9.51. The Bertz CT molecular complexity index is 916. The molecule has 1 aliphatic carbocycles. The van der Waals surface area contributed by atoms with E-state index in [1.54, 1.807) is 6.92 Å². The van der Waals surface area contributed by atoms with Gasteiger partial charge in [-0.2, -0.15) is 0 Å². The molecule has 1 unspecified atom stereocenters. The van der Waals surface area contributed by atoms with E-state index < -0.39 is 6.17 Å². The average molecular weight is 426 g/mol. The number of carbonyl (C=O) groups excluding carboxylic acids is 1. The van der Waals surface area contributed by atoms with Crippen molar-refractivity contribution in [3.05, 3.63) is 35.4 Å². The minimum absolute atomic E-state index is 0.122. The molecule has 0 bridgehead atoms. The first kappa shape index (κ1) is 22.0. The maximum atomic E-state index is 12.9. The Kier molecular flexibility index (Phi) is 6.74. The largest absolute Gasteiger partial charge is 0.393 e. The predicted octanol–water partition coefficient (Wildman–Crippen LogP) is 2.44. The lowest BCUT2D eigenvalue weighted by Gasteiger charge is -2.37. The number of fused-ring (bicyclic) bond motifs is 1. The number of aromatic nitrogens is 1. The van der Waals surface area contributed by atoms with Crippen LogP contribution in [0, 0.1) is 6.92 Å². The Hall–Kier alpha value is -2.22. The lowest BCUT2D eigenvalue weighted by Crippen LogP contribution is -2.48. The maximum absolute atomic E-state index is 12.9. The molecule has 2 aliphatic rings. The maximum Gasteiger partial charge on any atom is 0.256 e. The summed E-state index contributed by atoms with van der Waals surface area (Å²) >= 11 is 0. The standard InChI is InChI=1S/C24H35N5O2/c1-15-3-8-22-17(13-15)14-21(24(31)26-16(2)25)23(28-22)29-11-9-19(10-12-29)27-18-4-6-20(30)7-5-18/h3,8,13-14,16,18-20,27,30H,4-7,9-12,25H2,1-2H3,(H,26,31). The molecule has 4 rings (SSSR count). The highest BCUT2D eigenvalue weighted by atomic mass is 16.3. The molecule has 7 nitrogen and oxygen atoms in total. The van der Waals surface area contributed by atoms with Crippen molar-refractivity contribution in [2.24, 2.45) is 5.73 Å². The highest BCUT2D eigenvalue weighted by molar-refractivity contribution is 6.02. The predicted molar refractivity (Wildman–Crippen MR) is 124 cm³/mol. The summed E-state index contributed by atoms with van der Waals surface area (Å²) in [6, 6.07) is 9.06. The second-order valence-corrected chi connectivity index (χ2v) is 9.25. The van der Waals surface area contributed by atoms with Gasteiger partial charge in [-0.1, -0.05) is 11.6 Å². The SMILES string of the molecule is Cc1ccc2nc(N3CCC(NC4CCC(O)CC4)CC3)c(C(=O)NC(C)N)cc2c1. The summed E-state index contributed by atoms with van der Waals surface area (Å²) < 4.78 is 0. The Morgan fingerprint density at radius 3 is 2.48 bits per heavy atom. The number of nitrogens with zero attached hydrogens (tertiary/aromatic N) is 2. The molecule has 7 heteroatoms. The van der Waals surface area contributed by atoms with Gasteiger partial charge in [0.25, 0.3) is 5.91 Å². The van der Waals surface area contributed by atoms with Gasteiger partial charge in [0.2, 0.25) is 0 Å². The topological polar surface area (TPSA) is 104 Å². The number of aryl methyl sites for hydroxylation is 1. The number of aliphatic hydroxyl groups is 1. The minimum atomic E-state index is -0.419. The van der Waals surface area contributed by atoms with E-state index in [9.17, 15) is 9.90 Å². The Morgan fingerprint density at radius 1 is 1.13 bits per heavy atom. The third kappa shape index (κ3) is 5.34. The van der Waals surface area contributed by atoms with Crippen molar-refractivity contribution >= 4 is 22.6 Å². The molecule has 1 aromatic heterocycles. The monoisotopic (exact) mass is 425 g/mol. The van der Waals surface area contributed by atoms with Gasteiger partial charge in [-0.25, -0.2) is 4.98 Å². The normalized spacial score (nSPS) is 23.7. The molecule has 2 aromatic rings. The van der Waals surface area contributed by atoms with Crippen molar-refractivity contribution in [3.8, 4) is 0 Å². The zero-order valence-corrected chi connectivity index (χ0v) is 18.6. The van der Waals surface area contributed by atoms with Crippen molar-refractivity contribution in [2.75, 3.05) is 18.0 Å². The molecule has 1 aliphatic heterocycles. The minimum Gasteiger partial charge on any atom is -0.393 e. The molecule has 0 spiro atoms. The van der Waals surface area contributed by atoms with Crippen LogP contribution in [0.1, 0.15) is 61.4 Å². The smallest absolute Gasteiger partial charge is 0.256 e. The molecule has 1 saturated carbocycles. The fourth-order valence-corrected chi connectivity index (χ4v) is 4.81. The number of aliphatic hydroxyl groups excluding tert-OH is 1. The molecule has 168 valence electrons. The molecule has 31 heavy (non-hydrogen) atoms. The quantitative estimate of drug-likeness (QED) is 0.549. The molecule has 0 radical (unpaired) electrons. The van der Waals surface area contributed by atoms with Gasteiger partial charge in [0.15, 0.2) is 0 Å². The zero-order valence-electron chi connectivity index (χ0n) is 18.6. The highest BCUT2D eigenvalue weighted by Gasteiger charge is 2.27. The Balaban J connectivity index is 1.50. The number of benzene rings is 1. The first-order valence-electron chi connectivity index (χ1n) is 11.6. The molecular weight excluding hydrogens is 390 g/mol. The summed E-state index contributed by atoms with van der Waals surface area (Å²) in [5.74, 6) is 0.565. The number of carbonyl (C=O) groups is 1. The van der Waals surface area contributed by atoms with E-state index in [0.29, 0.717) is 17.6 Å². The van der Waals surface area contributed by atoms with Crippen molar-refractivity contribution < 1.29 is 9.90 Å². The molecular formula is C24H35N5O2. The highest BCUT2D eigenvalue weighted by Crippen LogP contribution is 2.28. The van der Waals surface area contributed by atoms with Crippen molar-refractivity contribution in [3.63, 3.8) is 0 Å². The molecule has 1 aromatic carbocycles. The van der Waals surface area contributed by atoms with Crippen LogP contribution in [0.3, 0.4) is 0 Å². The number of piperidine rings is 1. The fraction of sp³-hybridized carbons (Fsp3) is 0.583. The summed E-state index contributed by atoms with van der Waals surface area (Å²) in [4.78, 5) is 20.0. The van der Waals surface area contributed by atoms with Crippen LogP contribution < -0.4 is 21.3 Å². The summed E-state index contributed by atoms with van der Waals surface area (Å²) in [5.41, 5.74) is 8.45. The van der Waals surface area contributed by atoms with Gasteiger partial charge in [0.05, 0.1) is 23.3 Å². The van der Waals surface area contributed by atoms with E-state index in [4.69, 9.17) is 10.7 Å².